The first-order chi connectivity index (χ1) is 14.3. The van der Waals surface area contributed by atoms with Gasteiger partial charge in [0.25, 0.3) is 0 Å². The van der Waals surface area contributed by atoms with Gasteiger partial charge in [0.1, 0.15) is 17.5 Å². The number of amides is 2. The van der Waals surface area contributed by atoms with Crippen molar-refractivity contribution in [3.63, 3.8) is 0 Å². The van der Waals surface area contributed by atoms with Gasteiger partial charge in [-0.15, -0.1) is 0 Å². The van der Waals surface area contributed by atoms with Crippen molar-refractivity contribution >= 4 is 35.1 Å². The molecule has 0 radical (unpaired) electrons. The number of nitrogens with one attached hydrogen (secondary N) is 3. The Kier molecular flexibility index (Phi) is 7.24. The molecule has 7 nitrogen and oxygen atoms in total. The van der Waals surface area contributed by atoms with E-state index in [2.05, 4.69) is 30.8 Å². The van der Waals surface area contributed by atoms with Crippen LogP contribution in [0.1, 0.15) is 18.7 Å². The Bertz CT molecular complexity index is 856. The van der Waals surface area contributed by atoms with E-state index in [-0.39, 0.29) is 16.7 Å². The molecule has 1 aromatic heterocycles. The van der Waals surface area contributed by atoms with Crippen molar-refractivity contribution in [1.82, 2.24) is 15.3 Å². The van der Waals surface area contributed by atoms with Crippen LogP contribution in [-0.2, 0) is 0 Å². The van der Waals surface area contributed by atoms with Crippen LogP contribution in [0.15, 0.2) is 35.2 Å². The van der Waals surface area contributed by atoms with Crippen LogP contribution >= 0.6 is 11.8 Å². The fraction of sp³-hybridized carbons (Fsp3) is 0.421. The molecule has 0 atom stereocenters. The van der Waals surface area contributed by atoms with Crippen molar-refractivity contribution in [3.05, 3.63) is 36.2 Å². The van der Waals surface area contributed by atoms with Crippen LogP contribution in [0, 0.1) is 6.92 Å². The third-order valence-corrected chi connectivity index (χ3v) is 5.06. The summed E-state index contributed by atoms with van der Waals surface area (Å²) in [5.41, 5.74) is -3.93. The maximum absolute atomic E-state index is 12.3. The molecule has 1 aromatic carbocycles. The molecule has 0 saturated carbocycles. The van der Waals surface area contributed by atoms with Gasteiger partial charge >= 0.3 is 11.5 Å². The Morgan fingerprint density at radius 1 is 1.13 bits per heavy atom. The molecule has 2 aromatic rings. The number of aryl methyl sites for hydroxylation is 1. The maximum atomic E-state index is 12.3. The number of carbonyl (C=O) groups excluding carboxylic acids is 1. The number of halogens is 3. The minimum atomic E-state index is -4.34. The van der Waals surface area contributed by atoms with E-state index in [1.165, 1.54) is 24.3 Å². The van der Waals surface area contributed by atoms with Crippen molar-refractivity contribution in [1.29, 1.82) is 0 Å². The van der Waals surface area contributed by atoms with E-state index in [9.17, 15) is 18.0 Å². The molecule has 1 fully saturated rings. The number of thioether (sulfide) groups is 1. The molecule has 0 aliphatic carbocycles. The molecule has 3 N–H and O–H groups in total. The topological polar surface area (TPSA) is 82.2 Å². The lowest BCUT2D eigenvalue weighted by Crippen LogP contribution is -2.32. The summed E-state index contributed by atoms with van der Waals surface area (Å²) in [6.45, 7) is 4.64. The van der Waals surface area contributed by atoms with Crippen LogP contribution in [0.25, 0.3) is 0 Å². The van der Waals surface area contributed by atoms with Gasteiger partial charge in [-0.25, -0.2) is 14.8 Å². The first-order valence-corrected chi connectivity index (χ1v) is 10.4. The van der Waals surface area contributed by atoms with Gasteiger partial charge in [-0.3, -0.25) is 0 Å². The van der Waals surface area contributed by atoms with Crippen LogP contribution in [0.3, 0.4) is 0 Å². The second-order valence-electron chi connectivity index (χ2n) is 6.73. The van der Waals surface area contributed by atoms with Gasteiger partial charge in [0.2, 0.25) is 0 Å². The van der Waals surface area contributed by atoms with E-state index in [1.54, 1.807) is 0 Å². The lowest BCUT2D eigenvalue weighted by Gasteiger charge is -2.17. The Labute approximate surface area is 176 Å². The zero-order valence-electron chi connectivity index (χ0n) is 16.4. The van der Waals surface area contributed by atoms with Crippen LogP contribution in [0.2, 0.25) is 0 Å². The van der Waals surface area contributed by atoms with E-state index in [0.717, 1.165) is 31.7 Å². The third-order valence-electron chi connectivity index (χ3n) is 4.32. The molecule has 162 valence electrons. The predicted octanol–water partition coefficient (Wildman–Crippen LogP) is 4.23. The van der Waals surface area contributed by atoms with E-state index in [4.69, 9.17) is 0 Å². The van der Waals surface area contributed by atoms with E-state index < -0.39 is 11.5 Å². The van der Waals surface area contributed by atoms with Crippen molar-refractivity contribution < 1.29 is 18.0 Å². The molecule has 1 aliphatic rings. The van der Waals surface area contributed by atoms with E-state index in [1.807, 2.05) is 13.0 Å². The number of nitrogens with zero attached hydrogens (tertiary/aromatic N) is 3. The summed E-state index contributed by atoms with van der Waals surface area (Å²) in [7, 11) is 0. The molecule has 0 spiro atoms. The SMILES string of the molecule is Cc1nc(NCCNC(=O)Nc2ccc(SC(F)(F)F)cc2)cc(N2CCCC2)n1. The normalized spacial score (nSPS) is 13.9. The highest BCUT2D eigenvalue weighted by molar-refractivity contribution is 8.00. The summed E-state index contributed by atoms with van der Waals surface area (Å²) in [5, 5.41) is 8.44. The molecule has 30 heavy (non-hydrogen) atoms. The van der Waals surface area contributed by atoms with Gasteiger partial charge in [0, 0.05) is 42.8 Å². The zero-order valence-corrected chi connectivity index (χ0v) is 17.2. The molecule has 1 saturated heterocycles. The number of anilines is 3. The van der Waals surface area contributed by atoms with Gasteiger partial charge in [-0.1, -0.05) is 0 Å². The number of hydrogen-bond acceptors (Lipinski definition) is 6. The van der Waals surface area contributed by atoms with Crippen LogP contribution in [-0.4, -0.2) is 47.7 Å². The Hall–Kier alpha value is -2.69. The summed E-state index contributed by atoms with van der Waals surface area (Å²) in [6.07, 6.45) is 2.32. The van der Waals surface area contributed by atoms with Gasteiger partial charge in [-0.05, 0) is 55.8 Å². The van der Waals surface area contributed by atoms with Gasteiger partial charge in [-0.2, -0.15) is 13.2 Å². The number of carbonyl (C=O) groups is 1. The van der Waals surface area contributed by atoms with Crippen molar-refractivity contribution in [3.8, 4) is 0 Å². The average molecular weight is 440 g/mol. The quantitative estimate of drug-likeness (QED) is 0.442. The standard InChI is InChI=1S/C19H23F3N6OS/c1-13-25-16(12-17(26-13)28-10-2-3-11-28)23-8-9-24-18(29)27-14-4-6-15(7-5-14)30-19(20,21)22/h4-7,12H,2-3,8-11H2,1H3,(H,23,25,26)(H2,24,27,29). The molecule has 2 heterocycles. The smallest absolute Gasteiger partial charge is 0.368 e. The largest absolute Gasteiger partial charge is 0.446 e. The number of benzene rings is 1. The second-order valence-corrected chi connectivity index (χ2v) is 7.87. The minimum absolute atomic E-state index is 0.0612. The molecule has 2 amide bonds. The third kappa shape index (κ3) is 6.97. The lowest BCUT2D eigenvalue weighted by molar-refractivity contribution is -0.0328. The van der Waals surface area contributed by atoms with Gasteiger partial charge < -0.3 is 20.9 Å². The molecule has 0 bridgehead atoms. The first kappa shape index (κ1) is 22.0. The molecule has 1 aliphatic heterocycles. The number of aromatic nitrogens is 2. The Morgan fingerprint density at radius 3 is 2.50 bits per heavy atom. The summed E-state index contributed by atoms with van der Waals surface area (Å²) in [4.78, 5) is 23.1. The highest BCUT2D eigenvalue weighted by Gasteiger charge is 2.29. The van der Waals surface area contributed by atoms with Gasteiger partial charge in [0.15, 0.2) is 0 Å². The predicted molar refractivity (Wildman–Crippen MR) is 112 cm³/mol. The van der Waals surface area contributed by atoms with Crippen LogP contribution in [0.4, 0.5) is 35.3 Å². The van der Waals surface area contributed by atoms with E-state index in [0.29, 0.717) is 30.4 Å². The summed E-state index contributed by atoms with van der Waals surface area (Å²) < 4.78 is 37.0. The number of hydrogen-bond donors (Lipinski definition) is 3. The zero-order chi connectivity index (χ0) is 21.6. The molecule has 3 rings (SSSR count). The Balaban J connectivity index is 1.41. The minimum Gasteiger partial charge on any atom is -0.368 e. The number of rotatable bonds is 7. The van der Waals surface area contributed by atoms with Crippen molar-refractivity contribution in [2.45, 2.75) is 30.2 Å². The first-order valence-electron chi connectivity index (χ1n) is 9.54. The Morgan fingerprint density at radius 2 is 1.83 bits per heavy atom. The van der Waals surface area contributed by atoms with Gasteiger partial charge in [0.05, 0.1) is 0 Å². The fourth-order valence-corrected chi connectivity index (χ4v) is 3.57. The van der Waals surface area contributed by atoms with Crippen molar-refractivity contribution in [2.24, 2.45) is 0 Å². The van der Waals surface area contributed by atoms with E-state index >= 15 is 0 Å². The highest BCUT2D eigenvalue weighted by atomic mass is 32.2. The number of alkyl halides is 3. The molecular formula is C19H23F3N6OS. The summed E-state index contributed by atoms with van der Waals surface area (Å²) in [5.74, 6) is 2.28. The van der Waals surface area contributed by atoms with Crippen LogP contribution < -0.4 is 20.9 Å². The fourth-order valence-electron chi connectivity index (χ4n) is 3.03. The lowest BCUT2D eigenvalue weighted by atomic mass is 10.3. The summed E-state index contributed by atoms with van der Waals surface area (Å²) in [6, 6.07) is 6.93. The molecule has 11 heteroatoms. The monoisotopic (exact) mass is 440 g/mol. The molecular weight excluding hydrogens is 417 g/mol. The van der Waals surface area contributed by atoms with Crippen molar-refractivity contribution in [2.75, 3.05) is 41.7 Å². The summed E-state index contributed by atoms with van der Waals surface area (Å²) >= 11 is -0.197. The average Bonchev–Trinajstić information content (AvgIpc) is 3.20. The molecule has 0 unspecified atom stereocenters. The second kappa shape index (κ2) is 9.88. The highest BCUT2D eigenvalue weighted by Crippen LogP contribution is 2.37. The number of urea groups is 1. The van der Waals surface area contributed by atoms with Crippen LogP contribution in [0.5, 0.6) is 0 Å². The maximum Gasteiger partial charge on any atom is 0.446 e.